The average Bonchev–Trinajstić information content (AvgIpc) is 3.65. The number of hydrogen-bond acceptors (Lipinski definition) is 8. The van der Waals surface area contributed by atoms with E-state index in [4.69, 9.17) is 4.74 Å². The van der Waals surface area contributed by atoms with Crippen molar-refractivity contribution in [2.24, 2.45) is 16.3 Å². The van der Waals surface area contributed by atoms with Crippen molar-refractivity contribution in [3.63, 3.8) is 0 Å². The normalized spacial score (nSPS) is 16.5. The minimum Gasteiger partial charge on any atom is -0.493 e. The fraction of sp³-hybridized carbons (Fsp3) is 0.387. The molecule has 1 unspecified atom stereocenters. The van der Waals surface area contributed by atoms with E-state index >= 15 is 0 Å². The molecule has 0 saturated heterocycles. The molecular formula is C31H35N7O2. The molecule has 1 aliphatic carbocycles. The summed E-state index contributed by atoms with van der Waals surface area (Å²) in [5.41, 5.74) is 4.80. The lowest BCUT2D eigenvalue weighted by Gasteiger charge is -2.22. The molecule has 5 rings (SSSR count). The Morgan fingerprint density at radius 2 is 1.98 bits per heavy atom. The Bertz CT molecular complexity index is 1480. The monoisotopic (exact) mass is 537 g/mol. The van der Waals surface area contributed by atoms with Gasteiger partial charge in [-0.3, -0.25) is 4.79 Å². The third-order valence-corrected chi connectivity index (χ3v) is 7.36. The molecule has 1 aromatic heterocycles. The lowest BCUT2D eigenvalue weighted by molar-refractivity contribution is 0.102. The second-order valence-electron chi connectivity index (χ2n) is 11.5. The minimum absolute atomic E-state index is 0.143. The van der Waals surface area contributed by atoms with Crippen LogP contribution in [0.3, 0.4) is 0 Å². The Balaban J connectivity index is 1.32. The summed E-state index contributed by atoms with van der Waals surface area (Å²) >= 11 is 0. The third-order valence-electron chi connectivity index (χ3n) is 7.36. The number of nitrogens with one attached hydrogen (secondary N) is 2. The van der Waals surface area contributed by atoms with Crippen molar-refractivity contribution in [3.05, 3.63) is 76.5 Å². The van der Waals surface area contributed by atoms with Gasteiger partial charge in [0, 0.05) is 18.3 Å². The Kier molecular flexibility index (Phi) is 7.44. The molecular weight excluding hydrogens is 502 g/mol. The van der Waals surface area contributed by atoms with Gasteiger partial charge in [0.05, 0.1) is 30.6 Å². The number of carbonyl (C=O) groups is 1. The lowest BCUT2D eigenvalue weighted by Crippen LogP contribution is -2.19. The maximum absolute atomic E-state index is 13.4. The van der Waals surface area contributed by atoms with Crippen LogP contribution in [0.25, 0.3) is 0 Å². The Morgan fingerprint density at radius 3 is 2.62 bits per heavy atom. The standard InChI is InChI=1S/C31H35N7O2/c1-19-6-9-21(30(39)35-25-14-24(31(2,3)4)12-23(15-32)29(25)40-5)13-27(19)38-18-26(36-37-38)22-10-11-28(34-17-22)33-16-20-7-8-20/h6,9-14,17,20,26H,7-8,16,18H2,1-5H3,(H,33,34)(H,35,39). The first-order valence-electron chi connectivity index (χ1n) is 13.6. The van der Waals surface area contributed by atoms with Crippen molar-refractivity contribution >= 4 is 23.1 Å². The Labute approximate surface area is 235 Å². The number of carbonyl (C=O) groups excluding carboxylic acids is 1. The number of pyridine rings is 1. The number of nitrogens with zero attached hydrogens (tertiary/aromatic N) is 5. The van der Waals surface area contributed by atoms with E-state index in [9.17, 15) is 10.1 Å². The predicted octanol–water partition coefficient (Wildman–Crippen LogP) is 6.57. The number of anilines is 3. The zero-order valence-corrected chi connectivity index (χ0v) is 23.7. The van der Waals surface area contributed by atoms with Gasteiger partial charge in [0.25, 0.3) is 5.91 Å². The first kappa shape index (κ1) is 27.1. The van der Waals surface area contributed by atoms with Crippen molar-refractivity contribution in [3.8, 4) is 11.8 Å². The summed E-state index contributed by atoms with van der Waals surface area (Å²) in [4.78, 5) is 18.0. The van der Waals surface area contributed by atoms with Crippen LogP contribution in [-0.2, 0) is 5.41 Å². The van der Waals surface area contributed by atoms with Gasteiger partial charge in [-0.1, -0.05) is 38.1 Å². The van der Waals surface area contributed by atoms with Crippen LogP contribution in [0, 0.1) is 24.2 Å². The Morgan fingerprint density at radius 1 is 1.18 bits per heavy atom. The number of rotatable bonds is 8. The maximum Gasteiger partial charge on any atom is 0.255 e. The highest BCUT2D eigenvalue weighted by atomic mass is 16.5. The molecule has 1 saturated carbocycles. The van der Waals surface area contributed by atoms with Crippen LogP contribution < -0.4 is 20.4 Å². The highest BCUT2D eigenvalue weighted by Gasteiger charge is 2.26. The summed E-state index contributed by atoms with van der Waals surface area (Å²) in [7, 11) is 1.50. The molecule has 1 fully saturated rings. The van der Waals surface area contributed by atoms with Gasteiger partial charge in [0.1, 0.15) is 17.9 Å². The molecule has 3 aromatic rings. The Hall–Kier alpha value is -4.45. The number of methoxy groups -OCH3 is 1. The van der Waals surface area contributed by atoms with Crippen LogP contribution in [-0.4, -0.2) is 31.1 Å². The van der Waals surface area contributed by atoms with Crippen LogP contribution in [0.2, 0.25) is 0 Å². The number of benzene rings is 2. The molecule has 2 aromatic carbocycles. The van der Waals surface area contributed by atoms with Crippen LogP contribution >= 0.6 is 0 Å². The van der Waals surface area contributed by atoms with Gasteiger partial charge in [0.2, 0.25) is 0 Å². The van der Waals surface area contributed by atoms with Gasteiger partial charge in [-0.05, 0) is 78.1 Å². The first-order valence-corrected chi connectivity index (χ1v) is 13.6. The topological polar surface area (TPSA) is 115 Å². The van der Waals surface area contributed by atoms with Crippen LogP contribution in [0.5, 0.6) is 5.75 Å². The van der Waals surface area contributed by atoms with E-state index in [-0.39, 0.29) is 17.4 Å². The van der Waals surface area contributed by atoms with Gasteiger partial charge in [-0.2, -0.15) is 10.4 Å². The van der Waals surface area contributed by atoms with Gasteiger partial charge in [0.15, 0.2) is 5.75 Å². The van der Waals surface area contributed by atoms with Crippen LogP contribution in [0.4, 0.5) is 17.2 Å². The molecule has 1 amide bonds. The van der Waals surface area contributed by atoms with Gasteiger partial charge >= 0.3 is 0 Å². The molecule has 9 nitrogen and oxygen atoms in total. The highest BCUT2D eigenvalue weighted by molar-refractivity contribution is 6.06. The number of ether oxygens (including phenoxy) is 1. The quantitative estimate of drug-likeness (QED) is 0.336. The molecule has 0 radical (unpaired) electrons. The third kappa shape index (κ3) is 5.91. The largest absolute Gasteiger partial charge is 0.493 e. The van der Waals surface area contributed by atoms with Crippen molar-refractivity contribution in [2.45, 2.75) is 52.0 Å². The molecule has 9 heteroatoms. The molecule has 206 valence electrons. The van der Waals surface area contributed by atoms with E-state index in [1.807, 2.05) is 48.5 Å². The average molecular weight is 538 g/mol. The summed E-state index contributed by atoms with van der Waals surface area (Å²) in [5.74, 6) is 1.70. The van der Waals surface area contributed by atoms with Crippen LogP contribution in [0.1, 0.15) is 72.3 Å². The predicted molar refractivity (Wildman–Crippen MR) is 156 cm³/mol. The zero-order valence-electron chi connectivity index (χ0n) is 23.7. The number of hydrogen-bond donors (Lipinski definition) is 2. The van der Waals surface area contributed by atoms with Gasteiger partial charge in [-0.25, -0.2) is 9.99 Å². The molecule has 1 atom stereocenters. The second-order valence-corrected chi connectivity index (χ2v) is 11.5. The smallest absolute Gasteiger partial charge is 0.255 e. The summed E-state index contributed by atoms with van der Waals surface area (Å²) in [5, 5.41) is 26.8. The summed E-state index contributed by atoms with van der Waals surface area (Å²) in [6, 6.07) is 15.3. The summed E-state index contributed by atoms with van der Waals surface area (Å²) in [6.07, 6.45) is 4.45. The van der Waals surface area contributed by atoms with E-state index in [0.29, 0.717) is 29.1 Å². The number of aromatic nitrogens is 1. The van der Waals surface area contributed by atoms with Gasteiger partial charge in [-0.15, -0.1) is 0 Å². The number of aryl methyl sites for hydroxylation is 1. The summed E-state index contributed by atoms with van der Waals surface area (Å²) in [6.45, 7) is 9.68. The summed E-state index contributed by atoms with van der Waals surface area (Å²) < 4.78 is 5.50. The highest BCUT2D eigenvalue weighted by Crippen LogP contribution is 2.36. The molecule has 2 heterocycles. The first-order chi connectivity index (χ1) is 19.2. The van der Waals surface area contributed by atoms with Gasteiger partial charge < -0.3 is 15.4 Å². The SMILES string of the molecule is COc1c(C#N)cc(C(C)(C)C)cc1NC(=O)c1ccc(C)c(N2CC(c3ccc(NCC4CC4)nc3)N=N2)c1. The fourth-order valence-corrected chi connectivity index (χ4v) is 4.64. The van der Waals surface area contributed by atoms with Crippen molar-refractivity contribution in [1.82, 2.24) is 4.98 Å². The zero-order chi connectivity index (χ0) is 28.4. The fourth-order valence-electron chi connectivity index (χ4n) is 4.64. The van der Waals surface area contributed by atoms with Crippen molar-refractivity contribution in [1.29, 1.82) is 5.26 Å². The lowest BCUT2D eigenvalue weighted by atomic mass is 9.85. The van der Waals surface area contributed by atoms with E-state index in [1.165, 1.54) is 20.0 Å². The van der Waals surface area contributed by atoms with E-state index < -0.39 is 0 Å². The minimum atomic E-state index is -0.305. The van der Waals surface area contributed by atoms with E-state index in [2.05, 4.69) is 52.8 Å². The second kappa shape index (κ2) is 11.0. The van der Waals surface area contributed by atoms with E-state index in [1.54, 1.807) is 12.1 Å². The molecule has 1 aliphatic heterocycles. The molecule has 2 aliphatic rings. The molecule has 0 spiro atoms. The van der Waals surface area contributed by atoms with Crippen molar-refractivity contribution < 1.29 is 9.53 Å². The molecule has 40 heavy (non-hydrogen) atoms. The van der Waals surface area contributed by atoms with E-state index in [0.717, 1.165) is 40.7 Å². The van der Waals surface area contributed by atoms with Crippen LogP contribution in [0.15, 0.2) is 59.0 Å². The number of amides is 1. The number of nitriles is 1. The maximum atomic E-state index is 13.4. The molecule has 2 N–H and O–H groups in total. The molecule has 0 bridgehead atoms. The van der Waals surface area contributed by atoms with Crippen molar-refractivity contribution in [2.75, 3.05) is 35.8 Å².